The summed E-state index contributed by atoms with van der Waals surface area (Å²) in [6.45, 7) is 8.39. The fourth-order valence-electron chi connectivity index (χ4n) is 5.65. The number of aliphatic hydroxyl groups is 1. The number of aliphatic hydroxyl groups excluding tert-OH is 1. The maximum atomic E-state index is 11.7. The topological polar surface area (TPSA) is 141 Å². The van der Waals surface area contributed by atoms with Crippen molar-refractivity contribution in [2.24, 2.45) is 28.6 Å². The second-order valence-corrected chi connectivity index (χ2v) is 9.11. The van der Waals surface area contributed by atoms with Crippen molar-refractivity contribution in [2.45, 2.75) is 58.5 Å². The van der Waals surface area contributed by atoms with E-state index >= 15 is 0 Å². The zero-order valence-corrected chi connectivity index (χ0v) is 17.1. The lowest BCUT2D eigenvalue weighted by Crippen LogP contribution is -2.53. The normalized spacial score (nSPS) is 34.1. The minimum Gasteiger partial charge on any atom is -0.481 e. The monoisotopic (exact) mass is 412 g/mol. The van der Waals surface area contributed by atoms with Gasteiger partial charge < -0.3 is 25.2 Å². The van der Waals surface area contributed by atoms with Crippen LogP contribution >= 0.6 is 0 Å². The highest BCUT2D eigenvalue weighted by molar-refractivity contribution is 5.85. The minimum absolute atomic E-state index is 0.0340. The van der Waals surface area contributed by atoms with Gasteiger partial charge in [-0.3, -0.25) is 9.59 Å². The van der Waals surface area contributed by atoms with Crippen LogP contribution in [0.5, 0.6) is 0 Å². The molecule has 0 radical (unpaired) electrons. The van der Waals surface area contributed by atoms with Crippen LogP contribution < -0.4 is 0 Å². The standard InChI is InChI=1S/C21H32O8/c1-12-5-6-15-20(2,11-22)7-4-8-21(15,3)14(12)10-29-17(19(27)28)13(18(25)26)9-16(23)24/h13-15,17,22H,1,4-11H2,2-3H3,(H,23,24)(H,25,26)(H,27,28)/t13-,14-,15+,17+,20-,21+/m0/s1. The number of hydrogen-bond acceptors (Lipinski definition) is 5. The van der Waals surface area contributed by atoms with Crippen molar-refractivity contribution in [1.82, 2.24) is 0 Å². The van der Waals surface area contributed by atoms with Gasteiger partial charge in [-0.15, -0.1) is 0 Å². The first-order valence-electron chi connectivity index (χ1n) is 10.0. The highest BCUT2D eigenvalue weighted by Gasteiger charge is 2.54. The lowest BCUT2D eigenvalue weighted by atomic mass is 9.47. The summed E-state index contributed by atoms with van der Waals surface area (Å²) in [5.74, 6) is -6.06. The number of hydrogen-bond donors (Lipinski definition) is 4. The Morgan fingerprint density at radius 3 is 2.34 bits per heavy atom. The molecule has 0 aliphatic heterocycles. The lowest BCUT2D eigenvalue weighted by molar-refractivity contribution is -0.170. The Labute approximate surface area is 170 Å². The Bertz CT molecular complexity index is 674. The molecule has 8 nitrogen and oxygen atoms in total. The van der Waals surface area contributed by atoms with Crippen molar-refractivity contribution < 1.29 is 39.5 Å². The number of aliphatic carboxylic acids is 3. The molecule has 2 aliphatic carbocycles. The Hall–Kier alpha value is -1.93. The van der Waals surface area contributed by atoms with Crippen molar-refractivity contribution in [2.75, 3.05) is 13.2 Å². The summed E-state index contributed by atoms with van der Waals surface area (Å²) in [4.78, 5) is 34.1. The molecule has 2 saturated carbocycles. The van der Waals surface area contributed by atoms with Crippen molar-refractivity contribution in [3.05, 3.63) is 12.2 Å². The highest BCUT2D eigenvalue weighted by Crippen LogP contribution is 2.60. The first kappa shape index (κ1) is 23.3. The fourth-order valence-corrected chi connectivity index (χ4v) is 5.65. The number of rotatable bonds is 9. The van der Waals surface area contributed by atoms with E-state index < -0.39 is 36.4 Å². The Morgan fingerprint density at radius 1 is 1.17 bits per heavy atom. The van der Waals surface area contributed by atoms with Crippen LogP contribution in [0.3, 0.4) is 0 Å². The summed E-state index contributed by atoms with van der Waals surface area (Å²) in [6, 6.07) is 0. The first-order chi connectivity index (χ1) is 13.5. The van der Waals surface area contributed by atoms with Gasteiger partial charge in [-0.05, 0) is 42.4 Å². The van der Waals surface area contributed by atoms with Gasteiger partial charge >= 0.3 is 17.9 Å². The molecular formula is C21H32O8. The summed E-state index contributed by atoms with van der Waals surface area (Å²) in [7, 11) is 0. The third kappa shape index (κ3) is 4.64. The second-order valence-electron chi connectivity index (χ2n) is 9.11. The molecule has 0 saturated heterocycles. The zero-order chi connectivity index (χ0) is 22.0. The van der Waals surface area contributed by atoms with Gasteiger partial charge in [0.15, 0.2) is 6.10 Å². The van der Waals surface area contributed by atoms with E-state index in [1.54, 1.807) is 0 Å². The van der Waals surface area contributed by atoms with Crippen molar-refractivity contribution >= 4 is 17.9 Å². The molecule has 0 amide bonds. The average Bonchev–Trinajstić information content (AvgIpc) is 2.61. The van der Waals surface area contributed by atoms with Gasteiger partial charge in [0, 0.05) is 12.5 Å². The predicted octanol–water partition coefficient (Wildman–Crippen LogP) is 2.40. The van der Waals surface area contributed by atoms with Gasteiger partial charge in [-0.1, -0.05) is 32.4 Å². The molecule has 164 valence electrons. The minimum atomic E-state index is -1.76. The molecule has 2 rings (SSSR count). The van der Waals surface area contributed by atoms with Gasteiger partial charge in [0.05, 0.1) is 13.0 Å². The van der Waals surface area contributed by atoms with E-state index in [9.17, 15) is 29.7 Å². The van der Waals surface area contributed by atoms with Crippen LogP contribution in [0.4, 0.5) is 0 Å². The zero-order valence-electron chi connectivity index (χ0n) is 17.1. The molecule has 0 heterocycles. The molecule has 8 heteroatoms. The predicted molar refractivity (Wildman–Crippen MR) is 103 cm³/mol. The van der Waals surface area contributed by atoms with Gasteiger partial charge in [0.25, 0.3) is 0 Å². The van der Waals surface area contributed by atoms with Crippen molar-refractivity contribution in [3.8, 4) is 0 Å². The van der Waals surface area contributed by atoms with E-state index in [-0.39, 0.29) is 35.9 Å². The molecule has 0 aromatic heterocycles. The number of carboxylic acid groups (broad SMARTS) is 3. The number of carbonyl (C=O) groups is 3. The Balaban J connectivity index is 2.25. The summed E-state index contributed by atoms with van der Waals surface area (Å²) in [5.41, 5.74) is 0.449. The van der Waals surface area contributed by atoms with E-state index in [0.29, 0.717) is 0 Å². The number of ether oxygens (including phenoxy) is 1. The van der Waals surface area contributed by atoms with Crippen LogP contribution in [0.15, 0.2) is 12.2 Å². The molecule has 0 spiro atoms. The smallest absolute Gasteiger partial charge is 0.333 e. The molecule has 29 heavy (non-hydrogen) atoms. The molecule has 6 atom stereocenters. The quantitative estimate of drug-likeness (QED) is 0.423. The van der Waals surface area contributed by atoms with Crippen LogP contribution in [0.25, 0.3) is 0 Å². The highest BCUT2D eigenvalue weighted by atomic mass is 16.5. The van der Waals surface area contributed by atoms with Crippen LogP contribution in [-0.4, -0.2) is 57.7 Å². The Kier molecular flexibility index (Phi) is 7.11. The maximum Gasteiger partial charge on any atom is 0.333 e. The van der Waals surface area contributed by atoms with Crippen LogP contribution in [0.2, 0.25) is 0 Å². The van der Waals surface area contributed by atoms with Crippen molar-refractivity contribution in [3.63, 3.8) is 0 Å². The average molecular weight is 412 g/mol. The Morgan fingerprint density at radius 2 is 1.83 bits per heavy atom. The van der Waals surface area contributed by atoms with E-state index in [1.807, 2.05) is 0 Å². The van der Waals surface area contributed by atoms with Crippen LogP contribution in [-0.2, 0) is 19.1 Å². The SMILES string of the molecule is C=C1CC[C@@H]2[C@](C)(CO)CCC[C@]2(C)[C@H]1CO[C@@H](C(=O)O)[C@H](CC(=O)O)C(=O)O. The first-order valence-corrected chi connectivity index (χ1v) is 10.0. The van der Waals surface area contributed by atoms with Gasteiger partial charge in [-0.2, -0.15) is 0 Å². The van der Waals surface area contributed by atoms with Gasteiger partial charge in [-0.25, -0.2) is 4.79 Å². The van der Waals surface area contributed by atoms with Crippen LogP contribution in [0, 0.1) is 28.6 Å². The molecule has 4 N–H and O–H groups in total. The fraction of sp³-hybridized carbons (Fsp3) is 0.762. The maximum absolute atomic E-state index is 11.7. The molecule has 2 aliphatic rings. The summed E-state index contributed by atoms with van der Waals surface area (Å²) >= 11 is 0. The van der Waals surface area contributed by atoms with E-state index in [4.69, 9.17) is 9.84 Å². The summed E-state index contributed by atoms with van der Waals surface area (Å²) in [5, 5.41) is 37.8. The van der Waals surface area contributed by atoms with E-state index in [2.05, 4.69) is 20.4 Å². The van der Waals surface area contributed by atoms with E-state index in [0.717, 1.165) is 37.7 Å². The second kappa shape index (κ2) is 8.83. The van der Waals surface area contributed by atoms with Gasteiger partial charge in [0.1, 0.15) is 5.92 Å². The lowest BCUT2D eigenvalue weighted by Gasteiger charge is -2.58. The molecule has 0 aromatic rings. The molecule has 0 aromatic carbocycles. The third-order valence-electron chi connectivity index (χ3n) is 7.27. The number of fused-ring (bicyclic) bond motifs is 1. The number of carboxylic acids is 3. The molecule has 0 unspecified atom stereocenters. The van der Waals surface area contributed by atoms with E-state index in [1.165, 1.54) is 0 Å². The van der Waals surface area contributed by atoms with Crippen molar-refractivity contribution in [1.29, 1.82) is 0 Å². The molecule has 2 fully saturated rings. The van der Waals surface area contributed by atoms with Gasteiger partial charge in [0.2, 0.25) is 0 Å². The summed E-state index contributed by atoms with van der Waals surface area (Å²) in [6.07, 6.45) is 1.76. The largest absolute Gasteiger partial charge is 0.481 e. The molecular weight excluding hydrogens is 380 g/mol. The third-order valence-corrected chi connectivity index (χ3v) is 7.27. The summed E-state index contributed by atoms with van der Waals surface area (Å²) < 4.78 is 5.59. The van der Waals surface area contributed by atoms with Crippen LogP contribution in [0.1, 0.15) is 52.4 Å². The molecule has 0 bridgehead atoms.